The van der Waals surface area contributed by atoms with E-state index in [4.69, 9.17) is 43.7 Å². The van der Waals surface area contributed by atoms with Crippen molar-refractivity contribution in [3.8, 4) is 0 Å². The molecule has 0 aliphatic heterocycles. The van der Waals surface area contributed by atoms with Gasteiger partial charge in [-0.1, -0.05) is 66.3 Å². The molecule has 0 aromatic heterocycles. The first kappa shape index (κ1) is 19.8. The molecule has 1 aromatic rings. The van der Waals surface area contributed by atoms with Gasteiger partial charge >= 0.3 is 0 Å². The molecular weight excluding hydrogens is 399 g/mol. The van der Waals surface area contributed by atoms with Crippen molar-refractivity contribution < 1.29 is 22.1 Å². The highest BCUT2D eigenvalue weighted by Crippen LogP contribution is 2.60. The maximum absolute atomic E-state index is 12.5. The minimum atomic E-state index is -4.15. The van der Waals surface area contributed by atoms with Gasteiger partial charge in [0.05, 0.1) is 4.90 Å². The smallest absolute Gasteiger partial charge is 0.297 e. The predicted molar refractivity (Wildman–Crippen MR) is 91.7 cm³/mol. The van der Waals surface area contributed by atoms with E-state index in [0.717, 1.165) is 5.56 Å². The fourth-order valence-electron chi connectivity index (χ4n) is 2.71. The van der Waals surface area contributed by atoms with E-state index in [1.165, 1.54) is 12.1 Å². The zero-order valence-electron chi connectivity index (χ0n) is 13.2. The summed E-state index contributed by atoms with van der Waals surface area (Å²) in [4.78, 5) is 10.6. The molecule has 24 heavy (non-hydrogen) atoms. The second-order valence-electron chi connectivity index (χ2n) is 6.33. The van der Waals surface area contributed by atoms with E-state index in [0.29, 0.717) is 0 Å². The van der Waals surface area contributed by atoms with E-state index in [-0.39, 0.29) is 11.4 Å². The molecule has 0 spiro atoms. The fraction of sp³-hybridized carbons (Fsp3) is 0.533. The molecule has 0 radical (unpaired) electrons. The second-order valence-corrected chi connectivity index (χ2v) is 10.3. The number of alkyl halides is 3. The van der Waals surface area contributed by atoms with Crippen molar-refractivity contribution in [2.45, 2.75) is 41.7 Å². The van der Waals surface area contributed by atoms with Crippen LogP contribution in [0.4, 0.5) is 0 Å². The molecule has 1 saturated carbocycles. The third-order valence-corrected chi connectivity index (χ3v) is 6.16. The summed E-state index contributed by atoms with van der Waals surface area (Å²) in [5, 5.41) is 0. The normalized spacial score (nSPS) is 24.2. The van der Waals surface area contributed by atoms with Gasteiger partial charge in [0.1, 0.15) is 12.2 Å². The molecule has 3 atom stereocenters. The fourth-order valence-corrected chi connectivity index (χ4v) is 4.53. The largest absolute Gasteiger partial charge is 0.464 e. The SMILES string of the molecule is Cc1ccc(S(=O)(=O)OC(C2C(OC=O)C2(C)C)C(Cl)(Cl)Cl)cc1. The van der Waals surface area contributed by atoms with Crippen LogP contribution in [-0.2, 0) is 23.8 Å². The van der Waals surface area contributed by atoms with Gasteiger partial charge in [-0.05, 0) is 19.1 Å². The molecule has 0 heterocycles. The van der Waals surface area contributed by atoms with Crippen LogP contribution in [0.2, 0.25) is 0 Å². The van der Waals surface area contributed by atoms with Crippen molar-refractivity contribution in [3.05, 3.63) is 29.8 Å². The molecule has 1 aliphatic carbocycles. The highest BCUT2D eigenvalue weighted by molar-refractivity contribution is 7.86. The lowest BCUT2D eigenvalue weighted by molar-refractivity contribution is -0.131. The van der Waals surface area contributed by atoms with Crippen LogP contribution in [0.25, 0.3) is 0 Å². The van der Waals surface area contributed by atoms with Gasteiger partial charge < -0.3 is 4.74 Å². The molecule has 5 nitrogen and oxygen atoms in total. The Bertz CT molecular complexity index is 710. The van der Waals surface area contributed by atoms with Crippen molar-refractivity contribution >= 4 is 51.4 Å². The Morgan fingerprint density at radius 3 is 2.21 bits per heavy atom. The van der Waals surface area contributed by atoms with Gasteiger partial charge in [0, 0.05) is 11.3 Å². The molecule has 9 heteroatoms. The summed E-state index contributed by atoms with van der Waals surface area (Å²) in [6.45, 7) is 5.67. The summed E-state index contributed by atoms with van der Waals surface area (Å²) in [6.07, 6.45) is -1.89. The highest BCUT2D eigenvalue weighted by atomic mass is 35.6. The monoisotopic (exact) mass is 414 g/mol. The molecule has 1 aromatic carbocycles. The summed E-state index contributed by atoms with van der Waals surface area (Å²) in [5.41, 5.74) is 0.327. The first-order chi connectivity index (χ1) is 10.9. The molecule has 0 bridgehead atoms. The summed E-state index contributed by atoms with van der Waals surface area (Å²) in [5.74, 6) is -0.574. The number of ether oxygens (including phenoxy) is 1. The minimum absolute atomic E-state index is 0.0429. The van der Waals surface area contributed by atoms with Crippen LogP contribution in [-0.4, -0.2) is 30.9 Å². The standard InChI is InChI=1S/C15H17Cl3O5S/c1-9-4-6-10(7-5-9)24(20,21)23-13(15(16,17)18)11-12(22-8-19)14(11,2)3/h4-8,11-13H,1-3H3. The van der Waals surface area contributed by atoms with Crippen molar-refractivity contribution in [2.24, 2.45) is 11.3 Å². The van der Waals surface area contributed by atoms with Crippen LogP contribution in [0, 0.1) is 18.3 Å². The van der Waals surface area contributed by atoms with Gasteiger partial charge in [0.15, 0.2) is 0 Å². The zero-order valence-corrected chi connectivity index (χ0v) is 16.3. The average Bonchev–Trinajstić information content (AvgIpc) is 2.97. The second kappa shape index (κ2) is 6.65. The lowest BCUT2D eigenvalue weighted by Crippen LogP contribution is -2.35. The van der Waals surface area contributed by atoms with Crippen LogP contribution in [0.5, 0.6) is 0 Å². The van der Waals surface area contributed by atoms with E-state index in [9.17, 15) is 13.2 Å². The van der Waals surface area contributed by atoms with E-state index < -0.39 is 37.5 Å². The number of carbonyl (C=O) groups excluding carboxylic acids is 1. The highest BCUT2D eigenvalue weighted by Gasteiger charge is 2.68. The topological polar surface area (TPSA) is 69.7 Å². The maximum Gasteiger partial charge on any atom is 0.297 e. The Kier molecular flexibility index (Phi) is 5.48. The zero-order chi connectivity index (χ0) is 18.3. The summed E-state index contributed by atoms with van der Waals surface area (Å²) in [7, 11) is -4.15. The Hall–Kier alpha value is -0.530. The molecule has 1 fully saturated rings. The predicted octanol–water partition coefficient (Wildman–Crippen LogP) is 3.64. The number of halogens is 3. The van der Waals surface area contributed by atoms with Crippen LogP contribution >= 0.6 is 34.8 Å². The van der Waals surface area contributed by atoms with Gasteiger partial charge in [0.25, 0.3) is 16.6 Å². The quantitative estimate of drug-likeness (QED) is 0.403. The first-order valence-electron chi connectivity index (χ1n) is 7.07. The minimum Gasteiger partial charge on any atom is -0.464 e. The Labute approximate surface area is 156 Å². The number of rotatable bonds is 6. The van der Waals surface area contributed by atoms with E-state index >= 15 is 0 Å². The van der Waals surface area contributed by atoms with Crippen LogP contribution in [0.15, 0.2) is 29.2 Å². The lowest BCUT2D eigenvalue weighted by atomic mass is 10.1. The van der Waals surface area contributed by atoms with Gasteiger partial charge in [0.2, 0.25) is 3.79 Å². The molecule has 134 valence electrons. The molecule has 1 aliphatic rings. The Morgan fingerprint density at radius 2 is 1.75 bits per heavy atom. The number of hydrogen-bond acceptors (Lipinski definition) is 5. The van der Waals surface area contributed by atoms with Crippen molar-refractivity contribution in [1.29, 1.82) is 0 Å². The Balaban J connectivity index is 2.31. The number of benzene rings is 1. The molecule has 3 unspecified atom stereocenters. The van der Waals surface area contributed by atoms with Crippen molar-refractivity contribution in [3.63, 3.8) is 0 Å². The van der Waals surface area contributed by atoms with Crippen molar-refractivity contribution in [1.82, 2.24) is 0 Å². The van der Waals surface area contributed by atoms with E-state index in [1.807, 2.05) is 6.92 Å². The molecule has 2 rings (SSSR count). The number of hydrogen-bond donors (Lipinski definition) is 0. The number of aryl methyl sites for hydroxylation is 1. The van der Waals surface area contributed by atoms with Crippen LogP contribution in [0.1, 0.15) is 19.4 Å². The van der Waals surface area contributed by atoms with Crippen molar-refractivity contribution in [2.75, 3.05) is 0 Å². The van der Waals surface area contributed by atoms with Gasteiger partial charge in [-0.15, -0.1) is 0 Å². The van der Waals surface area contributed by atoms with E-state index in [2.05, 4.69) is 0 Å². The third-order valence-electron chi connectivity index (χ3n) is 4.20. The number of carbonyl (C=O) groups is 1. The first-order valence-corrected chi connectivity index (χ1v) is 9.61. The maximum atomic E-state index is 12.5. The molecule has 0 amide bonds. The molecule has 0 N–H and O–H groups in total. The molecular formula is C15H17Cl3O5S. The Morgan fingerprint density at radius 1 is 1.21 bits per heavy atom. The summed E-state index contributed by atoms with van der Waals surface area (Å²) < 4.78 is 33.2. The van der Waals surface area contributed by atoms with Crippen LogP contribution < -0.4 is 0 Å². The lowest BCUT2D eigenvalue weighted by Gasteiger charge is -2.25. The van der Waals surface area contributed by atoms with Gasteiger partial charge in [-0.3, -0.25) is 8.98 Å². The van der Waals surface area contributed by atoms with Gasteiger partial charge in [-0.2, -0.15) is 8.42 Å². The summed E-state index contributed by atoms with van der Waals surface area (Å²) >= 11 is 17.8. The van der Waals surface area contributed by atoms with Crippen LogP contribution in [0.3, 0.4) is 0 Å². The third kappa shape index (κ3) is 3.99. The van der Waals surface area contributed by atoms with E-state index in [1.54, 1.807) is 26.0 Å². The summed E-state index contributed by atoms with van der Waals surface area (Å²) in [6, 6.07) is 6.11. The average molecular weight is 416 g/mol. The molecule has 0 saturated heterocycles. The van der Waals surface area contributed by atoms with Gasteiger partial charge in [-0.25, -0.2) is 0 Å².